The molecule has 0 saturated carbocycles. The van der Waals surface area contributed by atoms with E-state index in [1.54, 1.807) is 13.8 Å². The van der Waals surface area contributed by atoms with Crippen molar-refractivity contribution in [3.05, 3.63) is 65.5 Å². The second-order valence-electron chi connectivity index (χ2n) is 5.79. The van der Waals surface area contributed by atoms with Crippen LogP contribution in [0, 0.1) is 23.4 Å². The van der Waals surface area contributed by atoms with E-state index in [0.717, 1.165) is 24.3 Å². The van der Waals surface area contributed by atoms with Crippen molar-refractivity contribution >= 4 is 17.5 Å². The molecule has 7 heteroatoms. The van der Waals surface area contributed by atoms with E-state index in [1.807, 2.05) is 0 Å². The lowest BCUT2D eigenvalue weighted by atomic mass is 10.0. The van der Waals surface area contributed by atoms with E-state index in [2.05, 4.69) is 10.6 Å². The van der Waals surface area contributed by atoms with Crippen molar-refractivity contribution in [2.45, 2.75) is 19.9 Å². The third-order valence-electron chi connectivity index (χ3n) is 3.54. The van der Waals surface area contributed by atoms with Gasteiger partial charge in [-0.2, -0.15) is 0 Å². The first kappa shape index (κ1) is 18.5. The van der Waals surface area contributed by atoms with Gasteiger partial charge >= 0.3 is 0 Å². The van der Waals surface area contributed by atoms with Crippen molar-refractivity contribution in [1.29, 1.82) is 0 Å². The molecule has 0 spiro atoms. The zero-order valence-electron chi connectivity index (χ0n) is 13.6. The molecule has 0 heterocycles. The van der Waals surface area contributed by atoms with Crippen molar-refractivity contribution in [3.63, 3.8) is 0 Å². The molecule has 0 aromatic heterocycles. The summed E-state index contributed by atoms with van der Waals surface area (Å²) in [6.45, 7) is 3.32. The minimum absolute atomic E-state index is 0.210. The fraction of sp³-hybridized carbons (Fsp3) is 0.222. The number of benzene rings is 2. The van der Waals surface area contributed by atoms with Crippen LogP contribution in [0.4, 0.5) is 18.9 Å². The maximum absolute atomic E-state index is 13.7. The monoisotopic (exact) mass is 350 g/mol. The van der Waals surface area contributed by atoms with Crippen LogP contribution in [0.2, 0.25) is 0 Å². The Hall–Kier alpha value is -2.83. The molecule has 2 aromatic carbocycles. The molecule has 2 rings (SSSR count). The van der Waals surface area contributed by atoms with Crippen LogP contribution >= 0.6 is 0 Å². The zero-order valence-corrected chi connectivity index (χ0v) is 13.6. The molecular weight excluding hydrogens is 333 g/mol. The number of rotatable bonds is 5. The number of halogens is 3. The van der Waals surface area contributed by atoms with Crippen LogP contribution in [0.1, 0.15) is 24.2 Å². The van der Waals surface area contributed by atoms with Crippen LogP contribution in [-0.2, 0) is 4.79 Å². The number of carbonyl (C=O) groups is 2. The summed E-state index contributed by atoms with van der Waals surface area (Å²) in [7, 11) is 0. The number of carbonyl (C=O) groups excluding carboxylic acids is 2. The molecule has 1 atom stereocenters. The molecule has 25 heavy (non-hydrogen) atoms. The highest BCUT2D eigenvalue weighted by molar-refractivity contribution is 6.01. The molecule has 132 valence electrons. The Balaban J connectivity index is 2.17. The smallest absolute Gasteiger partial charge is 0.254 e. The van der Waals surface area contributed by atoms with E-state index in [-0.39, 0.29) is 17.2 Å². The number of anilines is 1. The normalized spacial score (nSPS) is 11.9. The summed E-state index contributed by atoms with van der Waals surface area (Å²) in [4.78, 5) is 24.6. The Kier molecular flexibility index (Phi) is 5.80. The van der Waals surface area contributed by atoms with E-state index in [0.29, 0.717) is 0 Å². The van der Waals surface area contributed by atoms with Gasteiger partial charge < -0.3 is 10.6 Å². The lowest BCUT2D eigenvalue weighted by Crippen LogP contribution is -2.47. The van der Waals surface area contributed by atoms with Gasteiger partial charge in [-0.15, -0.1) is 0 Å². The van der Waals surface area contributed by atoms with E-state index in [1.165, 1.54) is 18.2 Å². The van der Waals surface area contributed by atoms with E-state index in [4.69, 9.17) is 0 Å². The van der Waals surface area contributed by atoms with Crippen molar-refractivity contribution < 1.29 is 22.8 Å². The van der Waals surface area contributed by atoms with Crippen LogP contribution in [0.3, 0.4) is 0 Å². The van der Waals surface area contributed by atoms with Gasteiger partial charge in [-0.1, -0.05) is 26.0 Å². The highest BCUT2D eigenvalue weighted by Gasteiger charge is 2.26. The fourth-order valence-corrected chi connectivity index (χ4v) is 2.20. The van der Waals surface area contributed by atoms with Gasteiger partial charge in [-0.25, -0.2) is 13.2 Å². The van der Waals surface area contributed by atoms with Gasteiger partial charge in [0.2, 0.25) is 5.91 Å². The number of nitrogens with one attached hydrogen (secondary N) is 2. The standard InChI is InChI=1S/C18H17F3N2O2/c1-10(2)16(23-17(24)12-5-3-4-6-13(12)20)18(25)22-15-9-11(19)7-8-14(15)21/h3-10,16H,1-2H3,(H,22,25)(H,23,24)/t16-/m1/s1. The highest BCUT2D eigenvalue weighted by Crippen LogP contribution is 2.17. The summed E-state index contributed by atoms with van der Waals surface area (Å²) in [6, 6.07) is 6.92. The summed E-state index contributed by atoms with van der Waals surface area (Å²) in [5.74, 6) is -4.12. The minimum Gasteiger partial charge on any atom is -0.340 e. The summed E-state index contributed by atoms with van der Waals surface area (Å²) in [5, 5.41) is 4.66. The summed E-state index contributed by atoms with van der Waals surface area (Å²) < 4.78 is 40.5. The lowest BCUT2D eigenvalue weighted by molar-refractivity contribution is -0.118. The molecule has 0 aliphatic carbocycles. The van der Waals surface area contributed by atoms with Crippen LogP contribution in [0.25, 0.3) is 0 Å². The Labute approximate surface area is 143 Å². The van der Waals surface area contributed by atoms with E-state index >= 15 is 0 Å². The molecule has 0 bridgehead atoms. The summed E-state index contributed by atoms with van der Waals surface area (Å²) in [5.41, 5.74) is -0.548. The summed E-state index contributed by atoms with van der Waals surface area (Å²) >= 11 is 0. The predicted octanol–water partition coefficient (Wildman–Crippen LogP) is 3.50. The zero-order chi connectivity index (χ0) is 18.6. The molecule has 2 N–H and O–H groups in total. The molecule has 0 radical (unpaired) electrons. The molecule has 0 aliphatic rings. The lowest BCUT2D eigenvalue weighted by Gasteiger charge is -2.22. The topological polar surface area (TPSA) is 58.2 Å². The number of hydrogen-bond donors (Lipinski definition) is 2. The first-order chi connectivity index (χ1) is 11.8. The quantitative estimate of drug-likeness (QED) is 0.867. The third-order valence-corrected chi connectivity index (χ3v) is 3.54. The Morgan fingerprint density at radius 2 is 1.64 bits per heavy atom. The van der Waals surface area contributed by atoms with Gasteiger partial charge in [0.25, 0.3) is 5.91 Å². The average Bonchev–Trinajstić information content (AvgIpc) is 2.55. The molecule has 2 amide bonds. The molecule has 0 unspecified atom stereocenters. The van der Waals surface area contributed by atoms with E-state index < -0.39 is 35.3 Å². The van der Waals surface area contributed by atoms with Gasteiger partial charge in [0.15, 0.2) is 0 Å². The highest BCUT2D eigenvalue weighted by atomic mass is 19.1. The number of hydrogen-bond acceptors (Lipinski definition) is 2. The maximum Gasteiger partial charge on any atom is 0.254 e. The first-order valence-electron chi connectivity index (χ1n) is 7.61. The van der Waals surface area contributed by atoms with Gasteiger partial charge in [0.1, 0.15) is 23.5 Å². The maximum atomic E-state index is 13.7. The Morgan fingerprint density at radius 3 is 2.28 bits per heavy atom. The van der Waals surface area contributed by atoms with E-state index in [9.17, 15) is 22.8 Å². The van der Waals surface area contributed by atoms with Crippen LogP contribution in [-0.4, -0.2) is 17.9 Å². The van der Waals surface area contributed by atoms with Crippen LogP contribution in [0.5, 0.6) is 0 Å². The fourth-order valence-electron chi connectivity index (χ4n) is 2.20. The molecule has 0 saturated heterocycles. The molecule has 2 aromatic rings. The SMILES string of the molecule is CC(C)[C@@H](NC(=O)c1ccccc1F)C(=O)Nc1cc(F)ccc1F. The van der Waals surface area contributed by atoms with Crippen molar-refractivity contribution in [2.24, 2.45) is 5.92 Å². The van der Waals surface area contributed by atoms with Crippen molar-refractivity contribution in [2.75, 3.05) is 5.32 Å². The largest absolute Gasteiger partial charge is 0.340 e. The van der Waals surface area contributed by atoms with Gasteiger partial charge in [-0.3, -0.25) is 9.59 Å². The van der Waals surface area contributed by atoms with Crippen LogP contribution in [0.15, 0.2) is 42.5 Å². The van der Waals surface area contributed by atoms with Gasteiger partial charge in [0, 0.05) is 6.07 Å². The Bertz CT molecular complexity index is 794. The molecule has 4 nitrogen and oxygen atoms in total. The third kappa shape index (κ3) is 4.59. The van der Waals surface area contributed by atoms with Crippen molar-refractivity contribution in [1.82, 2.24) is 5.32 Å². The van der Waals surface area contributed by atoms with Gasteiger partial charge in [0.05, 0.1) is 11.3 Å². The predicted molar refractivity (Wildman–Crippen MR) is 87.5 cm³/mol. The second-order valence-corrected chi connectivity index (χ2v) is 5.79. The average molecular weight is 350 g/mol. The molecule has 0 fully saturated rings. The Morgan fingerprint density at radius 1 is 0.960 bits per heavy atom. The van der Waals surface area contributed by atoms with Crippen LogP contribution < -0.4 is 10.6 Å². The number of amides is 2. The van der Waals surface area contributed by atoms with Gasteiger partial charge in [-0.05, 0) is 30.2 Å². The minimum atomic E-state index is -1.06. The second kappa shape index (κ2) is 7.83. The molecule has 0 aliphatic heterocycles. The molecular formula is C18H17F3N2O2. The first-order valence-corrected chi connectivity index (χ1v) is 7.61. The summed E-state index contributed by atoms with van der Waals surface area (Å²) in [6.07, 6.45) is 0. The van der Waals surface area contributed by atoms with Crippen molar-refractivity contribution in [3.8, 4) is 0 Å².